The summed E-state index contributed by atoms with van der Waals surface area (Å²) in [6.45, 7) is 5.99. The lowest BCUT2D eigenvalue weighted by Gasteiger charge is -2.31. The molecule has 6 heteroatoms. The summed E-state index contributed by atoms with van der Waals surface area (Å²) in [5, 5.41) is 2.78. The van der Waals surface area contributed by atoms with Crippen LogP contribution < -0.4 is 5.32 Å². The van der Waals surface area contributed by atoms with Gasteiger partial charge in [0.2, 0.25) is 5.91 Å². The van der Waals surface area contributed by atoms with E-state index in [-0.39, 0.29) is 25.0 Å². The van der Waals surface area contributed by atoms with Crippen LogP contribution in [0.4, 0.5) is 0 Å². The highest BCUT2D eigenvalue weighted by atomic mass is 16.5. The molecule has 24 heavy (non-hydrogen) atoms. The first kappa shape index (κ1) is 18.0. The maximum absolute atomic E-state index is 12.4. The predicted molar refractivity (Wildman–Crippen MR) is 89.3 cm³/mol. The monoisotopic (exact) mass is 332 g/mol. The maximum Gasteiger partial charge on any atom is 0.331 e. The normalized spacial score (nSPS) is 13.6. The van der Waals surface area contributed by atoms with Gasteiger partial charge in [0.15, 0.2) is 0 Å². The van der Waals surface area contributed by atoms with Gasteiger partial charge in [-0.2, -0.15) is 0 Å². The van der Waals surface area contributed by atoms with E-state index in [4.69, 9.17) is 4.74 Å². The molecule has 0 bridgehead atoms. The maximum atomic E-state index is 12.4. The van der Waals surface area contributed by atoms with E-state index < -0.39 is 11.5 Å². The summed E-state index contributed by atoms with van der Waals surface area (Å²) in [5.41, 5.74) is 0.508. The molecule has 1 heterocycles. The van der Waals surface area contributed by atoms with Gasteiger partial charge < -0.3 is 15.0 Å². The van der Waals surface area contributed by atoms with Crippen molar-refractivity contribution in [1.29, 1.82) is 0 Å². The fourth-order valence-electron chi connectivity index (χ4n) is 2.96. The van der Waals surface area contributed by atoms with Crippen molar-refractivity contribution in [2.45, 2.75) is 45.7 Å². The summed E-state index contributed by atoms with van der Waals surface area (Å²) in [6, 6.07) is 7.32. The molecular weight excluding hydrogens is 308 g/mol. The predicted octanol–water partition coefficient (Wildman–Crippen LogP) is 1.88. The van der Waals surface area contributed by atoms with E-state index in [9.17, 15) is 14.4 Å². The van der Waals surface area contributed by atoms with Crippen LogP contribution in [-0.4, -0.2) is 41.4 Å². The topological polar surface area (TPSA) is 75.7 Å². The fourth-order valence-corrected chi connectivity index (χ4v) is 2.96. The Morgan fingerprint density at radius 1 is 1.21 bits per heavy atom. The Bertz CT molecular complexity index is 638. The largest absolute Gasteiger partial charge is 0.464 e. The zero-order valence-electron chi connectivity index (χ0n) is 14.4. The molecule has 0 atom stereocenters. The van der Waals surface area contributed by atoms with Gasteiger partial charge in [-0.05, 0) is 31.4 Å². The molecule has 2 rings (SSSR count). The average molecular weight is 332 g/mol. The number of esters is 1. The Balaban J connectivity index is 2.05. The van der Waals surface area contributed by atoms with Gasteiger partial charge in [-0.25, -0.2) is 4.79 Å². The summed E-state index contributed by atoms with van der Waals surface area (Å²) in [5.74, 6) is -0.942. The molecule has 0 aromatic heterocycles. The number of nitrogens with one attached hydrogen (secondary N) is 1. The number of hydrogen-bond acceptors (Lipinski definition) is 4. The fraction of sp³-hybridized carbons (Fsp3) is 0.500. The molecule has 1 aliphatic rings. The number of fused-ring (bicyclic) bond motifs is 1. The second-order valence-corrected chi connectivity index (χ2v) is 5.88. The third kappa shape index (κ3) is 3.42. The molecule has 0 radical (unpaired) electrons. The molecule has 2 amide bonds. The Kier molecular flexibility index (Phi) is 5.59. The van der Waals surface area contributed by atoms with Crippen LogP contribution in [0.1, 0.15) is 49.5 Å². The molecule has 0 fully saturated rings. The van der Waals surface area contributed by atoms with Crippen molar-refractivity contribution in [3.8, 4) is 0 Å². The van der Waals surface area contributed by atoms with E-state index in [0.29, 0.717) is 24.9 Å². The van der Waals surface area contributed by atoms with Crippen molar-refractivity contribution in [3.05, 3.63) is 35.4 Å². The lowest BCUT2D eigenvalue weighted by Crippen LogP contribution is -2.56. The van der Waals surface area contributed by atoms with E-state index in [1.165, 1.54) is 4.90 Å². The second-order valence-electron chi connectivity index (χ2n) is 5.88. The molecule has 0 aliphatic carbocycles. The summed E-state index contributed by atoms with van der Waals surface area (Å²) in [7, 11) is 0. The summed E-state index contributed by atoms with van der Waals surface area (Å²) >= 11 is 0. The Morgan fingerprint density at radius 2 is 1.88 bits per heavy atom. The average Bonchev–Trinajstić information content (AvgIpc) is 2.89. The molecule has 6 nitrogen and oxygen atoms in total. The summed E-state index contributed by atoms with van der Waals surface area (Å²) in [4.78, 5) is 38.5. The van der Waals surface area contributed by atoms with Crippen LogP contribution in [0.25, 0.3) is 0 Å². The van der Waals surface area contributed by atoms with Crippen LogP contribution in [0.3, 0.4) is 0 Å². The van der Waals surface area contributed by atoms with Crippen molar-refractivity contribution in [2.24, 2.45) is 0 Å². The number of carbonyl (C=O) groups is 3. The number of nitrogens with zero attached hydrogens (tertiary/aromatic N) is 1. The lowest BCUT2D eigenvalue weighted by molar-refractivity contribution is -0.153. The Morgan fingerprint density at radius 3 is 2.46 bits per heavy atom. The first-order valence-electron chi connectivity index (χ1n) is 8.32. The molecule has 1 aliphatic heterocycles. The third-order valence-corrected chi connectivity index (χ3v) is 4.48. The highest BCUT2D eigenvalue weighted by molar-refractivity contribution is 6.00. The molecule has 130 valence electrons. The van der Waals surface area contributed by atoms with Crippen molar-refractivity contribution in [2.75, 3.05) is 13.2 Å². The van der Waals surface area contributed by atoms with Crippen LogP contribution in [0.5, 0.6) is 0 Å². The molecule has 0 spiro atoms. The second kappa shape index (κ2) is 7.47. The Labute approximate surface area is 142 Å². The smallest absolute Gasteiger partial charge is 0.331 e. The minimum atomic E-state index is -1.04. The number of ether oxygens (including phenoxy) is 1. The van der Waals surface area contributed by atoms with E-state index in [1.807, 2.05) is 26.0 Å². The van der Waals surface area contributed by atoms with Crippen molar-refractivity contribution in [1.82, 2.24) is 10.2 Å². The zero-order chi connectivity index (χ0) is 17.7. The van der Waals surface area contributed by atoms with Crippen molar-refractivity contribution >= 4 is 17.8 Å². The van der Waals surface area contributed by atoms with Gasteiger partial charge in [0.05, 0.1) is 6.61 Å². The van der Waals surface area contributed by atoms with Crippen LogP contribution in [0.15, 0.2) is 24.3 Å². The number of rotatable bonds is 7. The number of benzene rings is 1. The van der Waals surface area contributed by atoms with E-state index >= 15 is 0 Å². The SMILES string of the molecule is CCOC(=O)C(CC)(CC)NC(=O)CN1Cc2ccccc2C1=O. The molecule has 0 saturated heterocycles. The van der Waals surface area contributed by atoms with Gasteiger partial charge in [0, 0.05) is 12.1 Å². The quantitative estimate of drug-likeness (QED) is 0.774. The van der Waals surface area contributed by atoms with Gasteiger partial charge in [0.25, 0.3) is 5.91 Å². The standard InChI is InChI=1S/C18H24N2O4/c1-4-18(5-2,17(23)24-6-3)19-15(21)12-20-11-13-9-7-8-10-14(13)16(20)22/h7-10H,4-6,11-12H2,1-3H3,(H,19,21). The van der Waals surface area contributed by atoms with Crippen molar-refractivity contribution < 1.29 is 19.1 Å². The van der Waals surface area contributed by atoms with Crippen LogP contribution in [0.2, 0.25) is 0 Å². The molecule has 1 aromatic carbocycles. The van der Waals surface area contributed by atoms with E-state index in [1.54, 1.807) is 19.1 Å². The minimum absolute atomic E-state index is 0.0747. The van der Waals surface area contributed by atoms with Gasteiger partial charge in [-0.1, -0.05) is 32.0 Å². The number of amides is 2. The third-order valence-electron chi connectivity index (χ3n) is 4.48. The highest BCUT2D eigenvalue weighted by Crippen LogP contribution is 2.22. The van der Waals surface area contributed by atoms with Gasteiger partial charge in [-0.15, -0.1) is 0 Å². The molecule has 1 N–H and O–H groups in total. The van der Waals surface area contributed by atoms with Crippen LogP contribution >= 0.6 is 0 Å². The summed E-state index contributed by atoms with van der Waals surface area (Å²) in [6.07, 6.45) is 0.866. The molecule has 1 aromatic rings. The van der Waals surface area contributed by atoms with Gasteiger partial charge in [0.1, 0.15) is 12.1 Å². The number of hydrogen-bond donors (Lipinski definition) is 1. The first-order valence-corrected chi connectivity index (χ1v) is 8.32. The number of carbonyl (C=O) groups excluding carboxylic acids is 3. The van der Waals surface area contributed by atoms with E-state index in [2.05, 4.69) is 5.32 Å². The van der Waals surface area contributed by atoms with Crippen LogP contribution in [-0.2, 0) is 20.9 Å². The molecular formula is C18H24N2O4. The Hall–Kier alpha value is -2.37. The van der Waals surface area contributed by atoms with Gasteiger partial charge in [-0.3, -0.25) is 9.59 Å². The summed E-state index contributed by atoms with van der Waals surface area (Å²) < 4.78 is 5.10. The zero-order valence-corrected chi connectivity index (χ0v) is 14.4. The van der Waals surface area contributed by atoms with Crippen molar-refractivity contribution in [3.63, 3.8) is 0 Å². The minimum Gasteiger partial charge on any atom is -0.464 e. The van der Waals surface area contributed by atoms with Gasteiger partial charge >= 0.3 is 5.97 Å². The van der Waals surface area contributed by atoms with Crippen LogP contribution in [0, 0.1) is 0 Å². The molecule has 0 saturated carbocycles. The first-order chi connectivity index (χ1) is 11.5. The highest BCUT2D eigenvalue weighted by Gasteiger charge is 2.39. The van der Waals surface area contributed by atoms with E-state index in [0.717, 1.165) is 5.56 Å². The molecule has 0 unspecified atom stereocenters. The lowest BCUT2D eigenvalue weighted by atomic mass is 9.92.